The van der Waals surface area contributed by atoms with Crippen LogP contribution >= 0.6 is 0 Å². The van der Waals surface area contributed by atoms with E-state index >= 15 is 0 Å². The van der Waals surface area contributed by atoms with Gasteiger partial charge in [-0.15, -0.1) is 0 Å². The minimum absolute atomic E-state index is 0.169. The van der Waals surface area contributed by atoms with E-state index in [-0.39, 0.29) is 6.10 Å². The first kappa shape index (κ1) is 12.5. The predicted molar refractivity (Wildman–Crippen MR) is 73.9 cm³/mol. The zero-order valence-electron chi connectivity index (χ0n) is 11.0. The molecule has 1 saturated heterocycles. The average Bonchev–Trinajstić information content (AvgIpc) is 2.46. The molecule has 0 radical (unpaired) electrons. The van der Waals surface area contributed by atoms with Crippen LogP contribution in [0, 0.1) is 0 Å². The van der Waals surface area contributed by atoms with Gasteiger partial charge in [-0.3, -0.25) is 4.98 Å². The number of benzene rings is 1. The summed E-state index contributed by atoms with van der Waals surface area (Å²) in [6, 6.07) is 7.87. The van der Waals surface area contributed by atoms with E-state index in [9.17, 15) is 5.11 Å². The van der Waals surface area contributed by atoms with Gasteiger partial charge in [0.1, 0.15) is 12.2 Å². The molecule has 1 aliphatic heterocycles. The quantitative estimate of drug-likeness (QED) is 0.888. The van der Waals surface area contributed by atoms with Crippen LogP contribution in [0.3, 0.4) is 0 Å². The molecule has 0 saturated carbocycles. The van der Waals surface area contributed by atoms with Gasteiger partial charge >= 0.3 is 0 Å². The molecule has 1 aromatic carbocycles. The van der Waals surface area contributed by atoms with E-state index < -0.39 is 6.10 Å². The number of likely N-dealkylation sites (N-methyl/N-ethyl adjacent to an activating group) is 1. The summed E-state index contributed by atoms with van der Waals surface area (Å²) in [6.07, 6.45) is 2.80. The molecule has 100 valence electrons. The van der Waals surface area contributed by atoms with Crippen molar-refractivity contribution in [1.82, 2.24) is 9.88 Å². The largest absolute Gasteiger partial charge is 0.386 e. The molecule has 2 heterocycles. The number of aliphatic hydroxyl groups is 1. The van der Waals surface area contributed by atoms with Gasteiger partial charge in [-0.25, -0.2) is 0 Å². The van der Waals surface area contributed by atoms with Crippen LogP contribution in [0.4, 0.5) is 0 Å². The number of aliphatic hydroxyl groups excluding tert-OH is 1. The van der Waals surface area contributed by atoms with Crippen molar-refractivity contribution in [2.24, 2.45) is 0 Å². The molecule has 19 heavy (non-hydrogen) atoms. The van der Waals surface area contributed by atoms with Crippen LogP contribution in [-0.2, 0) is 4.74 Å². The lowest BCUT2D eigenvalue weighted by atomic mass is 9.97. The summed E-state index contributed by atoms with van der Waals surface area (Å²) in [7, 11) is 2.05. The second-order valence-corrected chi connectivity index (χ2v) is 5.06. The van der Waals surface area contributed by atoms with Crippen molar-refractivity contribution >= 4 is 10.8 Å². The SMILES string of the molecule is CN1CCOC(C(O)c2cccc3cnccc23)C1. The highest BCUT2D eigenvalue weighted by molar-refractivity contribution is 5.85. The summed E-state index contributed by atoms with van der Waals surface area (Å²) in [5, 5.41) is 12.7. The molecular weight excluding hydrogens is 240 g/mol. The second-order valence-electron chi connectivity index (χ2n) is 5.06. The fourth-order valence-electron chi connectivity index (χ4n) is 2.61. The van der Waals surface area contributed by atoms with Gasteiger partial charge in [0, 0.05) is 30.9 Å². The van der Waals surface area contributed by atoms with Crippen molar-refractivity contribution in [1.29, 1.82) is 0 Å². The topological polar surface area (TPSA) is 45.6 Å². The molecule has 3 rings (SSSR count). The Balaban J connectivity index is 1.95. The summed E-state index contributed by atoms with van der Waals surface area (Å²) in [6.45, 7) is 2.34. The molecule has 4 nitrogen and oxygen atoms in total. The van der Waals surface area contributed by atoms with Crippen LogP contribution in [0.15, 0.2) is 36.7 Å². The molecule has 1 N–H and O–H groups in total. The van der Waals surface area contributed by atoms with Crippen LogP contribution < -0.4 is 0 Å². The Bertz CT molecular complexity index is 568. The van der Waals surface area contributed by atoms with Crippen molar-refractivity contribution in [3.63, 3.8) is 0 Å². The number of hydrogen-bond acceptors (Lipinski definition) is 4. The molecule has 1 aliphatic rings. The first-order valence-corrected chi connectivity index (χ1v) is 6.56. The maximum absolute atomic E-state index is 10.6. The lowest BCUT2D eigenvalue weighted by Crippen LogP contribution is -2.43. The van der Waals surface area contributed by atoms with E-state index in [0.717, 1.165) is 29.4 Å². The number of pyridine rings is 1. The van der Waals surface area contributed by atoms with E-state index in [1.165, 1.54) is 0 Å². The Morgan fingerprint density at radius 1 is 1.42 bits per heavy atom. The van der Waals surface area contributed by atoms with E-state index in [1.54, 1.807) is 6.20 Å². The third-order valence-electron chi connectivity index (χ3n) is 3.68. The van der Waals surface area contributed by atoms with Crippen LogP contribution in [0.5, 0.6) is 0 Å². The Morgan fingerprint density at radius 2 is 2.32 bits per heavy atom. The Kier molecular flexibility index (Phi) is 3.46. The van der Waals surface area contributed by atoms with Gasteiger partial charge in [0.15, 0.2) is 0 Å². The molecule has 0 amide bonds. The van der Waals surface area contributed by atoms with Crippen molar-refractivity contribution < 1.29 is 9.84 Å². The summed E-state index contributed by atoms with van der Waals surface area (Å²) >= 11 is 0. The molecule has 1 fully saturated rings. The summed E-state index contributed by atoms with van der Waals surface area (Å²) < 4.78 is 5.71. The van der Waals surface area contributed by atoms with Gasteiger partial charge in [0.25, 0.3) is 0 Å². The normalized spacial score (nSPS) is 22.5. The Labute approximate surface area is 112 Å². The van der Waals surface area contributed by atoms with Crippen LogP contribution in [0.25, 0.3) is 10.8 Å². The van der Waals surface area contributed by atoms with Gasteiger partial charge < -0.3 is 14.7 Å². The first-order chi connectivity index (χ1) is 9.25. The lowest BCUT2D eigenvalue weighted by molar-refractivity contribution is -0.0840. The van der Waals surface area contributed by atoms with Crippen molar-refractivity contribution in [3.05, 3.63) is 42.2 Å². The maximum Gasteiger partial charge on any atom is 0.107 e. The highest BCUT2D eigenvalue weighted by Crippen LogP contribution is 2.28. The predicted octanol–water partition coefficient (Wildman–Crippen LogP) is 1.60. The van der Waals surface area contributed by atoms with Crippen molar-refractivity contribution in [3.8, 4) is 0 Å². The minimum atomic E-state index is -0.603. The molecule has 4 heteroatoms. The molecule has 0 spiro atoms. The average molecular weight is 258 g/mol. The Hall–Kier alpha value is -1.49. The van der Waals surface area contributed by atoms with Gasteiger partial charge in [-0.2, -0.15) is 0 Å². The van der Waals surface area contributed by atoms with Crippen LogP contribution in [-0.4, -0.2) is 47.8 Å². The van der Waals surface area contributed by atoms with E-state index in [4.69, 9.17) is 4.74 Å². The molecule has 2 unspecified atom stereocenters. The van der Waals surface area contributed by atoms with Gasteiger partial charge in [0.2, 0.25) is 0 Å². The summed E-state index contributed by atoms with van der Waals surface area (Å²) in [4.78, 5) is 6.30. The van der Waals surface area contributed by atoms with Crippen LogP contribution in [0.2, 0.25) is 0 Å². The minimum Gasteiger partial charge on any atom is -0.386 e. The van der Waals surface area contributed by atoms with Gasteiger partial charge in [-0.05, 0) is 24.1 Å². The third-order valence-corrected chi connectivity index (χ3v) is 3.68. The fraction of sp³-hybridized carbons (Fsp3) is 0.400. The highest BCUT2D eigenvalue weighted by Gasteiger charge is 2.27. The molecule has 0 bridgehead atoms. The number of ether oxygens (including phenoxy) is 1. The molecule has 1 aromatic heterocycles. The van der Waals surface area contributed by atoms with Gasteiger partial charge in [-0.1, -0.05) is 18.2 Å². The monoisotopic (exact) mass is 258 g/mol. The second kappa shape index (κ2) is 5.25. The van der Waals surface area contributed by atoms with E-state index in [0.29, 0.717) is 6.61 Å². The van der Waals surface area contributed by atoms with E-state index in [1.807, 2.05) is 30.5 Å². The smallest absolute Gasteiger partial charge is 0.107 e. The first-order valence-electron chi connectivity index (χ1n) is 6.56. The summed E-state index contributed by atoms with van der Waals surface area (Å²) in [5.41, 5.74) is 0.917. The molecule has 2 aromatic rings. The van der Waals surface area contributed by atoms with Crippen molar-refractivity contribution in [2.75, 3.05) is 26.7 Å². The Morgan fingerprint density at radius 3 is 3.16 bits per heavy atom. The zero-order valence-corrected chi connectivity index (χ0v) is 11.0. The molecule has 2 atom stereocenters. The van der Waals surface area contributed by atoms with Crippen molar-refractivity contribution in [2.45, 2.75) is 12.2 Å². The number of nitrogens with zero attached hydrogens (tertiary/aromatic N) is 2. The zero-order chi connectivity index (χ0) is 13.2. The number of morpholine rings is 1. The van der Waals surface area contributed by atoms with E-state index in [2.05, 4.69) is 16.9 Å². The maximum atomic E-state index is 10.6. The van der Waals surface area contributed by atoms with Crippen LogP contribution in [0.1, 0.15) is 11.7 Å². The fourth-order valence-corrected chi connectivity index (χ4v) is 2.61. The molecular formula is C15H18N2O2. The number of hydrogen-bond donors (Lipinski definition) is 1. The highest BCUT2D eigenvalue weighted by atomic mass is 16.5. The lowest BCUT2D eigenvalue weighted by Gasteiger charge is -2.33. The standard InChI is InChI=1S/C15H18N2O2/c1-17-7-8-19-14(10-17)15(18)13-4-2-3-11-9-16-6-5-12(11)13/h2-6,9,14-15,18H,7-8,10H2,1H3. The number of fused-ring (bicyclic) bond motifs is 1. The number of aromatic nitrogens is 1. The third kappa shape index (κ3) is 2.47. The molecule has 0 aliphatic carbocycles. The number of rotatable bonds is 2. The summed E-state index contributed by atoms with van der Waals surface area (Å²) in [5.74, 6) is 0. The van der Waals surface area contributed by atoms with Gasteiger partial charge in [0.05, 0.1) is 6.61 Å².